The van der Waals surface area contributed by atoms with Gasteiger partial charge in [-0.25, -0.2) is 4.79 Å². The first-order valence-corrected chi connectivity index (χ1v) is 6.65. The van der Waals surface area contributed by atoms with Gasteiger partial charge < -0.3 is 9.52 Å². The normalized spacial score (nSPS) is 11.1. The van der Waals surface area contributed by atoms with Gasteiger partial charge >= 0.3 is 5.63 Å². The van der Waals surface area contributed by atoms with Crippen molar-refractivity contribution >= 4 is 22.3 Å². The molecule has 0 saturated heterocycles. The Morgan fingerprint density at radius 2 is 2.32 bits per heavy atom. The van der Waals surface area contributed by atoms with Gasteiger partial charge in [0, 0.05) is 22.0 Å². The number of rotatable bonds is 2. The molecule has 0 unspecified atom stereocenters. The van der Waals surface area contributed by atoms with Crippen molar-refractivity contribution in [2.45, 2.75) is 13.5 Å². The average molecular weight is 273 g/mol. The topological polar surface area (TPSA) is 63.3 Å². The van der Waals surface area contributed by atoms with E-state index in [9.17, 15) is 9.90 Å². The third kappa shape index (κ3) is 1.97. The quantitative estimate of drug-likeness (QED) is 0.779. The van der Waals surface area contributed by atoms with Crippen LogP contribution in [0.25, 0.3) is 21.4 Å². The lowest BCUT2D eigenvalue weighted by Gasteiger charge is -2.06. The first-order chi connectivity index (χ1) is 9.20. The van der Waals surface area contributed by atoms with Crippen molar-refractivity contribution in [2.24, 2.45) is 0 Å². The second-order valence-corrected chi connectivity index (χ2v) is 5.14. The van der Waals surface area contributed by atoms with Crippen LogP contribution < -0.4 is 5.63 Å². The molecule has 3 aromatic rings. The van der Waals surface area contributed by atoms with Crippen LogP contribution in [0.3, 0.4) is 0 Å². The summed E-state index contributed by atoms with van der Waals surface area (Å²) in [5.41, 5.74) is 1.87. The highest BCUT2D eigenvalue weighted by Crippen LogP contribution is 2.27. The van der Waals surface area contributed by atoms with Gasteiger partial charge in [-0.15, -0.1) is 11.3 Å². The Bertz CT molecular complexity index is 790. The van der Waals surface area contributed by atoms with Gasteiger partial charge in [0.2, 0.25) is 0 Å². The van der Waals surface area contributed by atoms with Crippen LogP contribution in [0.5, 0.6) is 0 Å². The van der Waals surface area contributed by atoms with Crippen molar-refractivity contribution < 1.29 is 9.52 Å². The number of hydrogen-bond donors (Lipinski definition) is 1. The fourth-order valence-corrected chi connectivity index (χ4v) is 2.74. The van der Waals surface area contributed by atoms with Crippen LogP contribution in [-0.4, -0.2) is 10.1 Å². The lowest BCUT2D eigenvalue weighted by molar-refractivity contribution is 0.282. The highest BCUT2D eigenvalue weighted by molar-refractivity contribution is 7.13. The Kier molecular flexibility index (Phi) is 2.93. The minimum Gasteiger partial charge on any atom is -0.420 e. The van der Waals surface area contributed by atoms with Gasteiger partial charge in [-0.05, 0) is 24.4 Å². The van der Waals surface area contributed by atoms with Gasteiger partial charge in [0.15, 0.2) is 5.58 Å². The summed E-state index contributed by atoms with van der Waals surface area (Å²) in [5.74, 6) is 0. The van der Waals surface area contributed by atoms with E-state index in [0.717, 1.165) is 10.3 Å². The van der Waals surface area contributed by atoms with Gasteiger partial charge in [-0.2, -0.15) is 0 Å². The Labute approximate surface area is 113 Å². The monoisotopic (exact) mass is 273 g/mol. The van der Waals surface area contributed by atoms with Crippen LogP contribution in [0.2, 0.25) is 0 Å². The number of aliphatic hydroxyl groups excluding tert-OH is 1. The number of hydrogen-bond acceptors (Lipinski definition) is 5. The summed E-state index contributed by atoms with van der Waals surface area (Å²) in [4.78, 5) is 17.0. The minimum absolute atomic E-state index is 0.138. The van der Waals surface area contributed by atoms with E-state index in [-0.39, 0.29) is 12.2 Å². The van der Waals surface area contributed by atoms with Crippen molar-refractivity contribution in [1.29, 1.82) is 0 Å². The molecule has 0 fully saturated rings. The molecular weight excluding hydrogens is 262 g/mol. The van der Waals surface area contributed by atoms with Crippen molar-refractivity contribution in [2.75, 3.05) is 0 Å². The molecule has 0 radical (unpaired) electrons. The largest absolute Gasteiger partial charge is 0.420 e. The van der Waals surface area contributed by atoms with Crippen LogP contribution in [0, 0.1) is 6.92 Å². The molecule has 3 rings (SSSR count). The Balaban J connectivity index is 2.39. The van der Waals surface area contributed by atoms with Gasteiger partial charge in [0.25, 0.3) is 0 Å². The SMILES string of the molecule is Cc1ncc(CO)c2cc(-c3cccs3)c(=O)oc12. The van der Waals surface area contributed by atoms with Crippen molar-refractivity contribution in [3.8, 4) is 10.4 Å². The summed E-state index contributed by atoms with van der Waals surface area (Å²) >= 11 is 1.48. The summed E-state index contributed by atoms with van der Waals surface area (Å²) in [7, 11) is 0. The van der Waals surface area contributed by atoms with Gasteiger partial charge in [0.1, 0.15) is 0 Å². The summed E-state index contributed by atoms with van der Waals surface area (Å²) in [6, 6.07) is 5.52. The van der Waals surface area contributed by atoms with Crippen LogP contribution in [0.15, 0.2) is 39.0 Å². The number of nitrogens with zero attached hydrogens (tertiary/aromatic N) is 1. The first-order valence-electron chi connectivity index (χ1n) is 5.78. The van der Waals surface area contributed by atoms with Crippen LogP contribution in [-0.2, 0) is 6.61 Å². The second kappa shape index (κ2) is 4.60. The number of aryl methyl sites for hydroxylation is 1. The zero-order chi connectivity index (χ0) is 13.4. The molecule has 0 atom stereocenters. The number of fused-ring (bicyclic) bond motifs is 1. The predicted octanol–water partition coefficient (Wildman–Crippen LogP) is 2.72. The lowest BCUT2D eigenvalue weighted by atomic mass is 10.1. The van der Waals surface area contributed by atoms with Crippen molar-refractivity contribution in [3.63, 3.8) is 0 Å². The van der Waals surface area contributed by atoms with E-state index in [1.54, 1.807) is 19.2 Å². The molecule has 19 heavy (non-hydrogen) atoms. The molecular formula is C14H11NO3S. The van der Waals surface area contributed by atoms with E-state index in [0.29, 0.717) is 22.4 Å². The number of pyridine rings is 1. The standard InChI is InChI=1S/C14H11NO3S/c1-8-13-10(9(7-16)6-15-8)5-11(14(17)18-13)12-3-2-4-19-12/h2-6,16H,7H2,1H3. The predicted molar refractivity (Wildman–Crippen MR) is 74.3 cm³/mol. The molecule has 0 spiro atoms. The first kappa shape index (κ1) is 12.1. The molecule has 0 aliphatic heterocycles. The average Bonchev–Trinajstić information content (AvgIpc) is 2.93. The molecule has 5 heteroatoms. The maximum Gasteiger partial charge on any atom is 0.345 e. The molecule has 0 aromatic carbocycles. The molecule has 0 amide bonds. The maximum absolute atomic E-state index is 12.0. The maximum atomic E-state index is 12.0. The van der Waals surface area contributed by atoms with Gasteiger partial charge in [-0.3, -0.25) is 4.98 Å². The molecule has 96 valence electrons. The zero-order valence-electron chi connectivity index (χ0n) is 10.2. The third-order valence-electron chi connectivity index (χ3n) is 2.99. The van der Waals surface area contributed by atoms with E-state index < -0.39 is 0 Å². The number of aromatic nitrogens is 1. The Morgan fingerprint density at radius 1 is 1.47 bits per heavy atom. The summed E-state index contributed by atoms with van der Waals surface area (Å²) in [6.45, 7) is 1.64. The second-order valence-electron chi connectivity index (χ2n) is 4.19. The Morgan fingerprint density at radius 3 is 3.00 bits per heavy atom. The minimum atomic E-state index is -0.380. The van der Waals surface area contributed by atoms with Crippen molar-refractivity contribution in [3.05, 3.63) is 51.5 Å². The summed E-state index contributed by atoms with van der Waals surface area (Å²) in [6.07, 6.45) is 1.61. The molecule has 0 saturated carbocycles. The number of aliphatic hydroxyl groups is 1. The van der Waals surface area contributed by atoms with Crippen LogP contribution >= 0.6 is 11.3 Å². The number of thiophene rings is 1. The highest BCUT2D eigenvalue weighted by atomic mass is 32.1. The van der Waals surface area contributed by atoms with E-state index >= 15 is 0 Å². The molecule has 1 N–H and O–H groups in total. The smallest absolute Gasteiger partial charge is 0.345 e. The van der Waals surface area contributed by atoms with E-state index in [1.165, 1.54) is 11.3 Å². The molecule has 0 aliphatic carbocycles. The van der Waals surface area contributed by atoms with Crippen molar-refractivity contribution in [1.82, 2.24) is 4.98 Å². The Hall–Kier alpha value is -1.98. The molecule has 0 aliphatic rings. The van der Waals surface area contributed by atoms with E-state index in [4.69, 9.17) is 4.42 Å². The lowest BCUT2D eigenvalue weighted by Crippen LogP contribution is -2.04. The van der Waals surface area contributed by atoms with Crippen LogP contribution in [0.1, 0.15) is 11.3 Å². The highest BCUT2D eigenvalue weighted by Gasteiger charge is 2.13. The van der Waals surface area contributed by atoms with Crippen LogP contribution in [0.4, 0.5) is 0 Å². The van der Waals surface area contributed by atoms with E-state index in [1.807, 2.05) is 17.5 Å². The van der Waals surface area contributed by atoms with Gasteiger partial charge in [-0.1, -0.05) is 6.07 Å². The summed E-state index contributed by atoms with van der Waals surface area (Å²) in [5, 5.41) is 12.0. The third-order valence-corrected chi connectivity index (χ3v) is 3.90. The zero-order valence-corrected chi connectivity index (χ0v) is 11.0. The molecule has 3 heterocycles. The molecule has 4 nitrogen and oxygen atoms in total. The van der Waals surface area contributed by atoms with E-state index in [2.05, 4.69) is 4.98 Å². The summed E-state index contributed by atoms with van der Waals surface area (Å²) < 4.78 is 5.37. The molecule has 0 bridgehead atoms. The van der Waals surface area contributed by atoms with Gasteiger partial charge in [0.05, 0.1) is 17.9 Å². The molecule has 3 aromatic heterocycles. The fourth-order valence-electron chi connectivity index (χ4n) is 2.01. The fraction of sp³-hybridized carbons (Fsp3) is 0.143.